The molecule has 0 aromatic rings. The average molecular weight is 223 g/mol. The quantitative estimate of drug-likeness (QED) is 0.668. The maximum absolute atomic E-state index is 3.84. The van der Waals surface area contributed by atoms with E-state index in [2.05, 4.69) is 12.2 Å². The van der Waals surface area contributed by atoms with Crippen LogP contribution in [-0.2, 0) is 0 Å². The molecule has 94 valence electrons. The van der Waals surface area contributed by atoms with E-state index in [-0.39, 0.29) is 0 Å². The van der Waals surface area contributed by atoms with E-state index in [1.807, 2.05) is 0 Å². The minimum Gasteiger partial charge on any atom is -0.314 e. The Hall–Kier alpha value is -0.0400. The number of hydrogen-bond acceptors (Lipinski definition) is 1. The summed E-state index contributed by atoms with van der Waals surface area (Å²) in [6.07, 6.45) is 14.7. The van der Waals surface area contributed by atoms with Gasteiger partial charge in [0.25, 0.3) is 0 Å². The molecule has 0 aromatic heterocycles. The molecule has 2 aliphatic carbocycles. The molecule has 0 spiro atoms. The van der Waals surface area contributed by atoms with Gasteiger partial charge in [-0.15, -0.1) is 0 Å². The lowest BCUT2D eigenvalue weighted by molar-refractivity contribution is 0.295. The highest BCUT2D eigenvalue weighted by molar-refractivity contribution is 4.85. The second-order valence-corrected chi connectivity index (χ2v) is 5.99. The van der Waals surface area contributed by atoms with Crippen LogP contribution in [0.1, 0.15) is 71.1 Å². The molecule has 1 heteroatoms. The van der Waals surface area contributed by atoms with Crippen LogP contribution in [0, 0.1) is 11.8 Å². The first-order chi connectivity index (χ1) is 7.90. The summed E-state index contributed by atoms with van der Waals surface area (Å²) in [6, 6.07) is 0.852. The van der Waals surface area contributed by atoms with Gasteiger partial charge in [-0.3, -0.25) is 0 Å². The highest BCUT2D eigenvalue weighted by Crippen LogP contribution is 2.37. The summed E-state index contributed by atoms with van der Waals surface area (Å²) < 4.78 is 0. The van der Waals surface area contributed by atoms with E-state index in [1.165, 1.54) is 70.8 Å². The monoisotopic (exact) mass is 223 g/mol. The van der Waals surface area contributed by atoms with Gasteiger partial charge in [-0.25, -0.2) is 0 Å². The standard InChI is InChI=1S/C15H29N/c1-2-11-16-15(12-13-9-10-13)14-7-5-3-4-6-8-14/h13-16H,2-12H2,1H3. The fraction of sp³-hybridized carbons (Fsp3) is 1.00. The molecule has 0 saturated heterocycles. The summed E-state index contributed by atoms with van der Waals surface area (Å²) in [7, 11) is 0. The van der Waals surface area contributed by atoms with E-state index >= 15 is 0 Å². The van der Waals surface area contributed by atoms with Gasteiger partial charge < -0.3 is 5.32 Å². The lowest BCUT2D eigenvalue weighted by Gasteiger charge is -2.27. The molecule has 0 radical (unpaired) electrons. The van der Waals surface area contributed by atoms with E-state index in [0.717, 1.165) is 17.9 Å². The molecule has 2 saturated carbocycles. The summed E-state index contributed by atoms with van der Waals surface area (Å²) in [5.74, 6) is 2.08. The van der Waals surface area contributed by atoms with Crippen LogP contribution in [-0.4, -0.2) is 12.6 Å². The molecule has 2 fully saturated rings. The maximum Gasteiger partial charge on any atom is 0.00979 e. The van der Waals surface area contributed by atoms with Crippen LogP contribution in [0.3, 0.4) is 0 Å². The van der Waals surface area contributed by atoms with Crippen LogP contribution < -0.4 is 5.32 Å². The maximum atomic E-state index is 3.84. The average Bonchev–Trinajstić information content (AvgIpc) is 3.10. The first kappa shape index (κ1) is 12.4. The Kier molecular flexibility index (Phi) is 5.15. The molecule has 2 rings (SSSR count). The smallest absolute Gasteiger partial charge is 0.00979 e. The van der Waals surface area contributed by atoms with Gasteiger partial charge in [0.05, 0.1) is 0 Å². The van der Waals surface area contributed by atoms with Gasteiger partial charge in [-0.1, -0.05) is 45.4 Å². The van der Waals surface area contributed by atoms with Crippen molar-refractivity contribution in [3.05, 3.63) is 0 Å². The van der Waals surface area contributed by atoms with Crippen molar-refractivity contribution in [3.63, 3.8) is 0 Å². The molecular weight excluding hydrogens is 194 g/mol. The highest BCUT2D eigenvalue weighted by atomic mass is 14.9. The Balaban J connectivity index is 1.81. The van der Waals surface area contributed by atoms with Crippen molar-refractivity contribution in [1.29, 1.82) is 0 Å². The zero-order valence-corrected chi connectivity index (χ0v) is 11.0. The Morgan fingerprint density at radius 3 is 2.25 bits per heavy atom. The molecule has 1 nitrogen and oxygen atoms in total. The fourth-order valence-electron chi connectivity index (χ4n) is 3.20. The van der Waals surface area contributed by atoms with Crippen molar-refractivity contribution in [2.24, 2.45) is 11.8 Å². The van der Waals surface area contributed by atoms with Crippen LogP contribution in [0.5, 0.6) is 0 Å². The number of nitrogens with one attached hydrogen (secondary N) is 1. The summed E-state index contributed by atoms with van der Waals surface area (Å²) in [5, 5.41) is 3.84. The zero-order valence-electron chi connectivity index (χ0n) is 11.0. The molecule has 0 heterocycles. The number of rotatable bonds is 6. The van der Waals surface area contributed by atoms with Gasteiger partial charge in [0.15, 0.2) is 0 Å². The predicted octanol–water partition coefficient (Wildman–Crippen LogP) is 4.13. The van der Waals surface area contributed by atoms with Gasteiger partial charge in [0.2, 0.25) is 0 Å². The van der Waals surface area contributed by atoms with E-state index in [4.69, 9.17) is 0 Å². The second-order valence-electron chi connectivity index (χ2n) is 5.99. The predicted molar refractivity (Wildman–Crippen MR) is 70.6 cm³/mol. The molecule has 2 aliphatic rings. The van der Waals surface area contributed by atoms with Gasteiger partial charge >= 0.3 is 0 Å². The van der Waals surface area contributed by atoms with Crippen LogP contribution in [0.2, 0.25) is 0 Å². The van der Waals surface area contributed by atoms with Gasteiger partial charge in [0, 0.05) is 6.04 Å². The molecule has 1 atom stereocenters. The van der Waals surface area contributed by atoms with Crippen molar-refractivity contribution in [2.45, 2.75) is 77.2 Å². The molecule has 0 amide bonds. The van der Waals surface area contributed by atoms with E-state index < -0.39 is 0 Å². The van der Waals surface area contributed by atoms with E-state index in [1.54, 1.807) is 0 Å². The molecular formula is C15H29N. The molecule has 0 aromatic carbocycles. The largest absolute Gasteiger partial charge is 0.314 e. The third kappa shape index (κ3) is 4.08. The molecule has 0 aliphatic heterocycles. The topological polar surface area (TPSA) is 12.0 Å². The van der Waals surface area contributed by atoms with E-state index in [9.17, 15) is 0 Å². The van der Waals surface area contributed by atoms with Crippen LogP contribution in [0.15, 0.2) is 0 Å². The normalized spacial score (nSPS) is 25.3. The SMILES string of the molecule is CCCNC(CC1CC1)C1CCCCCC1. The minimum absolute atomic E-state index is 0.852. The van der Waals surface area contributed by atoms with Crippen molar-refractivity contribution in [3.8, 4) is 0 Å². The lowest BCUT2D eigenvalue weighted by atomic mass is 9.88. The zero-order chi connectivity index (χ0) is 11.2. The summed E-state index contributed by atoms with van der Waals surface area (Å²) >= 11 is 0. The third-order valence-corrected chi connectivity index (χ3v) is 4.41. The van der Waals surface area contributed by atoms with Gasteiger partial charge in [0.1, 0.15) is 0 Å². The summed E-state index contributed by atoms with van der Waals surface area (Å²) in [5.41, 5.74) is 0. The molecule has 16 heavy (non-hydrogen) atoms. The lowest BCUT2D eigenvalue weighted by Crippen LogP contribution is -2.37. The second kappa shape index (κ2) is 6.64. The Morgan fingerprint density at radius 1 is 1.00 bits per heavy atom. The van der Waals surface area contributed by atoms with E-state index in [0.29, 0.717) is 0 Å². The Morgan fingerprint density at radius 2 is 1.69 bits per heavy atom. The first-order valence-electron chi connectivity index (χ1n) is 7.63. The Bertz CT molecular complexity index is 178. The van der Waals surface area contributed by atoms with Crippen LogP contribution >= 0.6 is 0 Å². The minimum atomic E-state index is 0.852. The van der Waals surface area contributed by atoms with Crippen molar-refractivity contribution < 1.29 is 0 Å². The van der Waals surface area contributed by atoms with Crippen LogP contribution in [0.4, 0.5) is 0 Å². The summed E-state index contributed by atoms with van der Waals surface area (Å²) in [4.78, 5) is 0. The first-order valence-corrected chi connectivity index (χ1v) is 7.63. The van der Waals surface area contributed by atoms with Crippen LogP contribution in [0.25, 0.3) is 0 Å². The van der Waals surface area contributed by atoms with Crippen molar-refractivity contribution >= 4 is 0 Å². The summed E-state index contributed by atoms with van der Waals surface area (Å²) in [6.45, 7) is 3.52. The highest BCUT2D eigenvalue weighted by Gasteiger charge is 2.29. The number of hydrogen-bond donors (Lipinski definition) is 1. The molecule has 1 unspecified atom stereocenters. The van der Waals surface area contributed by atoms with Gasteiger partial charge in [-0.05, 0) is 44.1 Å². The molecule has 1 N–H and O–H groups in total. The van der Waals surface area contributed by atoms with Gasteiger partial charge in [-0.2, -0.15) is 0 Å². The molecule has 0 bridgehead atoms. The third-order valence-electron chi connectivity index (χ3n) is 4.41. The Labute approximate surface area is 101 Å². The van der Waals surface area contributed by atoms with Crippen molar-refractivity contribution in [2.75, 3.05) is 6.54 Å². The van der Waals surface area contributed by atoms with Crippen molar-refractivity contribution in [1.82, 2.24) is 5.32 Å². The fourth-order valence-corrected chi connectivity index (χ4v) is 3.20.